The van der Waals surface area contributed by atoms with Crippen LogP contribution in [0.3, 0.4) is 0 Å². The molecule has 0 spiro atoms. The minimum atomic E-state index is -0.240. The highest BCUT2D eigenvalue weighted by Gasteiger charge is 2.17. The molecule has 0 aliphatic carbocycles. The van der Waals surface area contributed by atoms with Gasteiger partial charge < -0.3 is 20.0 Å². The molecule has 0 saturated carbocycles. The van der Waals surface area contributed by atoms with E-state index in [1.807, 2.05) is 25.1 Å². The van der Waals surface area contributed by atoms with Crippen molar-refractivity contribution in [2.24, 2.45) is 0 Å². The molecule has 1 fully saturated rings. The third kappa shape index (κ3) is 4.59. The number of carbonyl (C=O) groups excluding carboxylic acids is 1. The van der Waals surface area contributed by atoms with Crippen molar-refractivity contribution in [2.75, 3.05) is 61.4 Å². The smallest absolute Gasteiger partial charge is 0.276 e. The molecule has 7 nitrogen and oxygen atoms in total. The standard InChI is InChI=1S/C21H30N6O/c1-5-26(6-2)17-7-8-18(16(3)15-17)22-21(28)19-9-10-20(24-23-19)27-13-11-25(4)12-14-27/h7-10,15H,5-6,11-14H2,1-4H3,(H,22,28). The van der Waals surface area contributed by atoms with Gasteiger partial charge in [-0.05, 0) is 63.7 Å². The maximum atomic E-state index is 12.6. The van der Waals surface area contributed by atoms with Crippen LogP contribution in [0.5, 0.6) is 0 Å². The first-order chi connectivity index (χ1) is 13.5. The van der Waals surface area contributed by atoms with Crippen LogP contribution in [0, 0.1) is 6.92 Å². The normalized spacial score (nSPS) is 14.8. The van der Waals surface area contributed by atoms with Gasteiger partial charge in [-0.25, -0.2) is 0 Å². The number of carbonyl (C=O) groups is 1. The van der Waals surface area contributed by atoms with Crippen molar-refractivity contribution in [3.8, 4) is 0 Å². The number of nitrogens with zero attached hydrogens (tertiary/aromatic N) is 5. The second kappa shape index (κ2) is 9.01. The van der Waals surface area contributed by atoms with E-state index in [-0.39, 0.29) is 5.91 Å². The van der Waals surface area contributed by atoms with Crippen LogP contribution in [0.2, 0.25) is 0 Å². The summed E-state index contributed by atoms with van der Waals surface area (Å²) in [6.07, 6.45) is 0. The van der Waals surface area contributed by atoms with Crippen LogP contribution >= 0.6 is 0 Å². The highest BCUT2D eigenvalue weighted by atomic mass is 16.1. The average molecular weight is 383 g/mol. The lowest BCUT2D eigenvalue weighted by Crippen LogP contribution is -2.44. The molecule has 2 heterocycles. The fraction of sp³-hybridized carbons (Fsp3) is 0.476. The van der Waals surface area contributed by atoms with Gasteiger partial charge in [0.2, 0.25) is 0 Å². The van der Waals surface area contributed by atoms with Crippen molar-refractivity contribution in [1.82, 2.24) is 15.1 Å². The highest BCUT2D eigenvalue weighted by molar-refractivity contribution is 6.03. The number of rotatable bonds is 6. The van der Waals surface area contributed by atoms with Gasteiger partial charge in [-0.3, -0.25) is 4.79 Å². The molecule has 1 aromatic heterocycles. The van der Waals surface area contributed by atoms with Crippen LogP contribution in [0.1, 0.15) is 29.9 Å². The molecule has 150 valence electrons. The predicted octanol–water partition coefficient (Wildman–Crippen LogP) is 2.64. The van der Waals surface area contributed by atoms with Gasteiger partial charge in [0.1, 0.15) is 0 Å². The summed E-state index contributed by atoms with van der Waals surface area (Å²) in [6.45, 7) is 12.1. The molecule has 1 N–H and O–H groups in total. The van der Waals surface area contributed by atoms with Gasteiger partial charge in [0, 0.05) is 50.6 Å². The number of aryl methyl sites for hydroxylation is 1. The first-order valence-corrected chi connectivity index (χ1v) is 9.96. The number of benzene rings is 1. The molecule has 0 unspecified atom stereocenters. The SMILES string of the molecule is CCN(CC)c1ccc(NC(=O)c2ccc(N3CCN(C)CC3)nn2)c(C)c1. The zero-order valence-corrected chi connectivity index (χ0v) is 17.3. The van der Waals surface area contributed by atoms with Gasteiger partial charge in [-0.2, -0.15) is 0 Å². The van der Waals surface area contributed by atoms with Crippen LogP contribution in [0.4, 0.5) is 17.2 Å². The molecule has 28 heavy (non-hydrogen) atoms. The Morgan fingerprint density at radius 2 is 1.79 bits per heavy atom. The zero-order valence-electron chi connectivity index (χ0n) is 17.3. The molecule has 0 bridgehead atoms. The van der Waals surface area contributed by atoms with E-state index in [4.69, 9.17) is 0 Å². The average Bonchev–Trinajstić information content (AvgIpc) is 2.71. The molecule has 1 saturated heterocycles. The molecule has 1 amide bonds. The summed E-state index contributed by atoms with van der Waals surface area (Å²) in [5, 5.41) is 11.4. The van der Waals surface area contributed by atoms with E-state index in [1.54, 1.807) is 6.07 Å². The summed E-state index contributed by atoms with van der Waals surface area (Å²) in [5.41, 5.74) is 3.31. The minimum Gasteiger partial charge on any atom is -0.372 e. The summed E-state index contributed by atoms with van der Waals surface area (Å²) in [4.78, 5) is 19.4. The molecular weight excluding hydrogens is 352 g/mol. The number of anilines is 3. The molecule has 2 aromatic rings. The predicted molar refractivity (Wildman–Crippen MR) is 114 cm³/mol. The van der Waals surface area contributed by atoms with Gasteiger partial charge in [-0.15, -0.1) is 10.2 Å². The Morgan fingerprint density at radius 1 is 1.07 bits per heavy atom. The number of amides is 1. The van der Waals surface area contributed by atoms with Crippen LogP contribution in [0.15, 0.2) is 30.3 Å². The number of hydrogen-bond acceptors (Lipinski definition) is 6. The lowest BCUT2D eigenvalue weighted by molar-refractivity contribution is 0.102. The highest BCUT2D eigenvalue weighted by Crippen LogP contribution is 2.23. The molecule has 1 aliphatic rings. The Hall–Kier alpha value is -2.67. The molecule has 0 atom stereocenters. The quantitative estimate of drug-likeness (QED) is 0.829. The van der Waals surface area contributed by atoms with Crippen molar-refractivity contribution in [3.63, 3.8) is 0 Å². The molecule has 3 rings (SSSR count). The zero-order chi connectivity index (χ0) is 20.1. The van der Waals surface area contributed by atoms with Gasteiger partial charge >= 0.3 is 0 Å². The Kier molecular flexibility index (Phi) is 6.46. The lowest BCUT2D eigenvalue weighted by Gasteiger charge is -2.32. The third-order valence-corrected chi connectivity index (χ3v) is 5.30. The topological polar surface area (TPSA) is 64.6 Å². The number of aromatic nitrogens is 2. The monoisotopic (exact) mass is 382 g/mol. The summed E-state index contributed by atoms with van der Waals surface area (Å²) in [7, 11) is 2.12. The van der Waals surface area contributed by atoms with E-state index in [0.29, 0.717) is 5.69 Å². The number of hydrogen-bond donors (Lipinski definition) is 1. The number of piperazine rings is 1. The Bertz CT molecular complexity index is 795. The molecule has 7 heteroatoms. The first kappa shape index (κ1) is 20.1. The van der Waals surface area contributed by atoms with Crippen molar-refractivity contribution in [3.05, 3.63) is 41.6 Å². The molecule has 1 aromatic carbocycles. The third-order valence-electron chi connectivity index (χ3n) is 5.30. The fourth-order valence-electron chi connectivity index (χ4n) is 3.41. The minimum absolute atomic E-state index is 0.240. The Labute approximate surface area is 167 Å². The van der Waals surface area contributed by atoms with Gasteiger partial charge in [0.15, 0.2) is 11.5 Å². The first-order valence-electron chi connectivity index (χ1n) is 9.96. The number of likely N-dealkylation sites (N-methyl/N-ethyl adjacent to an activating group) is 1. The van der Waals surface area contributed by atoms with Crippen molar-refractivity contribution < 1.29 is 4.79 Å². The van der Waals surface area contributed by atoms with Gasteiger partial charge in [0.05, 0.1) is 0 Å². The van der Waals surface area contributed by atoms with E-state index in [1.165, 1.54) is 0 Å². The maximum Gasteiger partial charge on any atom is 0.276 e. The molecule has 1 aliphatic heterocycles. The largest absolute Gasteiger partial charge is 0.372 e. The van der Waals surface area contributed by atoms with Crippen molar-refractivity contribution in [2.45, 2.75) is 20.8 Å². The van der Waals surface area contributed by atoms with E-state index >= 15 is 0 Å². The van der Waals surface area contributed by atoms with Crippen LogP contribution in [0.25, 0.3) is 0 Å². The fourth-order valence-corrected chi connectivity index (χ4v) is 3.41. The summed E-state index contributed by atoms with van der Waals surface area (Å²) in [6, 6.07) is 9.72. The Balaban J connectivity index is 1.66. The van der Waals surface area contributed by atoms with E-state index < -0.39 is 0 Å². The van der Waals surface area contributed by atoms with Crippen molar-refractivity contribution in [1.29, 1.82) is 0 Å². The second-order valence-corrected chi connectivity index (χ2v) is 7.19. The van der Waals surface area contributed by atoms with E-state index in [2.05, 4.69) is 57.2 Å². The maximum absolute atomic E-state index is 12.6. The van der Waals surface area contributed by atoms with Crippen molar-refractivity contribution >= 4 is 23.1 Å². The van der Waals surface area contributed by atoms with E-state index in [0.717, 1.165) is 62.0 Å². The van der Waals surface area contributed by atoms with Crippen LogP contribution < -0.4 is 15.1 Å². The Morgan fingerprint density at radius 3 is 2.36 bits per heavy atom. The van der Waals surface area contributed by atoms with E-state index in [9.17, 15) is 4.79 Å². The van der Waals surface area contributed by atoms with Crippen LogP contribution in [-0.4, -0.2) is 67.3 Å². The van der Waals surface area contributed by atoms with Gasteiger partial charge in [-0.1, -0.05) is 0 Å². The lowest BCUT2D eigenvalue weighted by atomic mass is 10.1. The summed E-state index contributed by atoms with van der Waals surface area (Å²) < 4.78 is 0. The van der Waals surface area contributed by atoms with Crippen LogP contribution in [-0.2, 0) is 0 Å². The summed E-state index contributed by atoms with van der Waals surface area (Å²) >= 11 is 0. The second-order valence-electron chi connectivity index (χ2n) is 7.19. The summed E-state index contributed by atoms with van der Waals surface area (Å²) in [5.74, 6) is 0.584. The van der Waals surface area contributed by atoms with Gasteiger partial charge in [0.25, 0.3) is 5.91 Å². The number of nitrogens with one attached hydrogen (secondary N) is 1. The molecular formula is C21H30N6O. The molecule has 0 radical (unpaired) electrons.